The van der Waals surface area contributed by atoms with Crippen LogP contribution in [0.2, 0.25) is 0 Å². The van der Waals surface area contributed by atoms with Gasteiger partial charge in [-0.3, -0.25) is 4.79 Å². The van der Waals surface area contributed by atoms with Gasteiger partial charge in [-0.25, -0.2) is 0 Å². The van der Waals surface area contributed by atoms with Gasteiger partial charge in [0.25, 0.3) is 5.91 Å². The normalized spacial score (nSPS) is 20.3. The molecule has 1 amide bonds. The van der Waals surface area contributed by atoms with Gasteiger partial charge in [0.15, 0.2) is 0 Å². The van der Waals surface area contributed by atoms with Crippen molar-refractivity contribution < 1.29 is 9.90 Å². The summed E-state index contributed by atoms with van der Waals surface area (Å²) in [7, 11) is 0. The second-order valence-corrected chi connectivity index (χ2v) is 6.27. The third-order valence-electron chi connectivity index (χ3n) is 3.20. The summed E-state index contributed by atoms with van der Waals surface area (Å²) in [5.41, 5.74) is 0. The molecule has 1 fully saturated rings. The first-order chi connectivity index (χ1) is 8.29. The van der Waals surface area contributed by atoms with Gasteiger partial charge in [0, 0.05) is 15.9 Å². The molecular formula is C12H13NO2S2. The molecule has 2 aromatic heterocycles. The molecule has 1 aliphatic heterocycles. The first kappa shape index (κ1) is 11.2. The molecule has 5 heteroatoms. The average molecular weight is 267 g/mol. The summed E-state index contributed by atoms with van der Waals surface area (Å²) in [4.78, 5) is 14.9. The first-order valence-corrected chi connectivity index (χ1v) is 7.38. The number of thiophene rings is 2. The van der Waals surface area contributed by atoms with E-state index in [0.717, 1.165) is 24.3 Å². The van der Waals surface area contributed by atoms with Crippen LogP contribution in [0.3, 0.4) is 0 Å². The lowest BCUT2D eigenvalue weighted by molar-refractivity contribution is 0.0682. The Labute approximate surface area is 107 Å². The molecule has 90 valence electrons. The van der Waals surface area contributed by atoms with Crippen LogP contribution in [-0.4, -0.2) is 35.1 Å². The van der Waals surface area contributed by atoms with Crippen LogP contribution < -0.4 is 0 Å². The number of rotatable bonds is 2. The molecule has 0 aliphatic carbocycles. The van der Waals surface area contributed by atoms with Gasteiger partial charge in [0.2, 0.25) is 0 Å². The zero-order chi connectivity index (χ0) is 11.8. The molecule has 0 unspecified atom stereocenters. The Morgan fingerprint density at radius 1 is 1.53 bits per heavy atom. The Morgan fingerprint density at radius 2 is 2.41 bits per heavy atom. The topological polar surface area (TPSA) is 40.5 Å². The highest BCUT2D eigenvalue weighted by molar-refractivity contribution is 7.27. The second-order valence-electron chi connectivity index (χ2n) is 4.24. The van der Waals surface area contributed by atoms with E-state index < -0.39 is 0 Å². The number of likely N-dealkylation sites (tertiary alicyclic amines) is 1. The monoisotopic (exact) mass is 267 g/mol. The molecule has 1 saturated heterocycles. The molecule has 0 saturated carbocycles. The maximum Gasteiger partial charge on any atom is 0.264 e. The third kappa shape index (κ3) is 1.88. The van der Waals surface area contributed by atoms with E-state index in [-0.39, 0.29) is 18.6 Å². The van der Waals surface area contributed by atoms with Gasteiger partial charge >= 0.3 is 0 Å². The van der Waals surface area contributed by atoms with Crippen LogP contribution in [0.4, 0.5) is 0 Å². The Balaban J connectivity index is 1.88. The Bertz CT molecular complexity index is 517. The predicted molar refractivity (Wildman–Crippen MR) is 70.8 cm³/mol. The van der Waals surface area contributed by atoms with Gasteiger partial charge in [-0.05, 0) is 30.4 Å². The van der Waals surface area contributed by atoms with E-state index in [1.54, 1.807) is 22.7 Å². The van der Waals surface area contributed by atoms with Crippen LogP contribution in [-0.2, 0) is 0 Å². The molecule has 0 spiro atoms. The minimum Gasteiger partial charge on any atom is -0.394 e. The van der Waals surface area contributed by atoms with Gasteiger partial charge < -0.3 is 10.0 Å². The summed E-state index contributed by atoms with van der Waals surface area (Å²) < 4.78 is 2.36. The van der Waals surface area contributed by atoms with E-state index in [0.29, 0.717) is 0 Å². The number of nitrogens with zero attached hydrogens (tertiary/aromatic N) is 1. The van der Waals surface area contributed by atoms with Gasteiger partial charge in [0.05, 0.1) is 17.5 Å². The third-order valence-corrected chi connectivity index (χ3v) is 5.28. The minimum absolute atomic E-state index is 0.0163. The summed E-state index contributed by atoms with van der Waals surface area (Å²) >= 11 is 3.21. The smallest absolute Gasteiger partial charge is 0.264 e. The number of aliphatic hydroxyl groups excluding tert-OH is 1. The molecule has 1 aliphatic rings. The lowest BCUT2D eigenvalue weighted by Gasteiger charge is -2.22. The fraction of sp³-hybridized carbons (Fsp3) is 0.417. The fourth-order valence-electron chi connectivity index (χ4n) is 2.31. The number of aliphatic hydroxyl groups is 1. The quantitative estimate of drug-likeness (QED) is 0.908. The highest BCUT2D eigenvalue weighted by Gasteiger charge is 2.29. The number of hydrogen-bond donors (Lipinski definition) is 1. The van der Waals surface area contributed by atoms with Crippen molar-refractivity contribution in [2.24, 2.45) is 0 Å². The maximum absolute atomic E-state index is 12.3. The van der Waals surface area contributed by atoms with Crippen molar-refractivity contribution in [3.05, 3.63) is 22.4 Å². The summed E-state index contributed by atoms with van der Waals surface area (Å²) in [6.07, 6.45) is 1.92. The highest BCUT2D eigenvalue weighted by atomic mass is 32.1. The van der Waals surface area contributed by atoms with Crippen molar-refractivity contribution in [2.75, 3.05) is 13.2 Å². The zero-order valence-corrected chi connectivity index (χ0v) is 10.9. The number of carbonyl (C=O) groups is 1. The zero-order valence-electron chi connectivity index (χ0n) is 9.26. The summed E-state index contributed by atoms with van der Waals surface area (Å²) in [5, 5.41) is 11.3. The molecule has 3 heterocycles. The lowest BCUT2D eigenvalue weighted by atomic mass is 10.2. The van der Waals surface area contributed by atoms with Crippen molar-refractivity contribution in [1.82, 2.24) is 4.90 Å². The molecule has 3 nitrogen and oxygen atoms in total. The van der Waals surface area contributed by atoms with Crippen molar-refractivity contribution >= 4 is 38.0 Å². The molecule has 0 bridgehead atoms. The van der Waals surface area contributed by atoms with Crippen LogP contribution in [0.25, 0.3) is 9.40 Å². The number of carbonyl (C=O) groups excluding carboxylic acids is 1. The summed E-state index contributed by atoms with van der Waals surface area (Å²) in [6, 6.07) is 4.04. The predicted octanol–water partition coefficient (Wildman–Crippen LogP) is 2.56. The molecule has 0 radical (unpaired) electrons. The largest absolute Gasteiger partial charge is 0.394 e. The van der Waals surface area contributed by atoms with E-state index in [1.807, 2.05) is 16.3 Å². The standard InChI is InChI=1S/C12H13NO2S2/c14-7-8-2-1-4-13(8)12(15)11-6-10-9(17-11)3-5-16-10/h3,5-6,8,14H,1-2,4,7H2/t8-/m0/s1. The fourth-order valence-corrected chi connectivity index (χ4v) is 4.37. The van der Waals surface area contributed by atoms with E-state index in [2.05, 4.69) is 6.07 Å². The number of amides is 1. The molecule has 1 N–H and O–H groups in total. The van der Waals surface area contributed by atoms with Crippen LogP contribution in [0, 0.1) is 0 Å². The van der Waals surface area contributed by atoms with E-state index in [9.17, 15) is 9.90 Å². The highest BCUT2D eigenvalue weighted by Crippen LogP contribution is 2.32. The van der Waals surface area contributed by atoms with Gasteiger partial charge in [0.1, 0.15) is 0 Å². The van der Waals surface area contributed by atoms with Crippen LogP contribution >= 0.6 is 22.7 Å². The molecule has 1 atom stereocenters. The Kier molecular flexibility index (Phi) is 2.90. The SMILES string of the molecule is O=C(c1cc2sccc2s1)N1CCC[C@H]1CO. The minimum atomic E-state index is 0.0163. The second kappa shape index (κ2) is 4.40. The Morgan fingerprint density at radius 3 is 3.18 bits per heavy atom. The van der Waals surface area contributed by atoms with E-state index in [4.69, 9.17) is 0 Å². The van der Waals surface area contributed by atoms with Gasteiger partial charge in [-0.15, -0.1) is 22.7 Å². The molecule has 2 aromatic rings. The van der Waals surface area contributed by atoms with E-state index >= 15 is 0 Å². The molecule has 3 rings (SSSR count). The summed E-state index contributed by atoms with van der Waals surface area (Å²) in [6.45, 7) is 0.848. The molecule has 17 heavy (non-hydrogen) atoms. The van der Waals surface area contributed by atoms with Crippen LogP contribution in [0.15, 0.2) is 17.5 Å². The number of hydrogen-bond acceptors (Lipinski definition) is 4. The van der Waals surface area contributed by atoms with Crippen LogP contribution in [0.5, 0.6) is 0 Å². The molecular weight excluding hydrogens is 254 g/mol. The van der Waals surface area contributed by atoms with E-state index in [1.165, 1.54) is 9.40 Å². The lowest BCUT2D eigenvalue weighted by Crippen LogP contribution is -2.37. The first-order valence-electron chi connectivity index (χ1n) is 5.68. The Hall–Kier alpha value is -0.910. The molecule has 0 aromatic carbocycles. The van der Waals surface area contributed by atoms with Gasteiger partial charge in [-0.2, -0.15) is 0 Å². The van der Waals surface area contributed by atoms with Crippen molar-refractivity contribution in [1.29, 1.82) is 0 Å². The average Bonchev–Trinajstić information content (AvgIpc) is 3.02. The van der Waals surface area contributed by atoms with Crippen LogP contribution in [0.1, 0.15) is 22.5 Å². The maximum atomic E-state index is 12.3. The van der Waals surface area contributed by atoms with Crippen molar-refractivity contribution in [2.45, 2.75) is 18.9 Å². The van der Waals surface area contributed by atoms with Gasteiger partial charge in [-0.1, -0.05) is 0 Å². The summed E-state index contributed by atoms with van der Waals surface area (Å²) in [5.74, 6) is 0.0787. The number of fused-ring (bicyclic) bond motifs is 1. The van der Waals surface area contributed by atoms with Crippen molar-refractivity contribution in [3.63, 3.8) is 0 Å². The van der Waals surface area contributed by atoms with Crippen molar-refractivity contribution in [3.8, 4) is 0 Å².